The monoisotopic (exact) mass is 2060 g/mol. The third-order valence-corrected chi connectivity index (χ3v) is 32.6. The number of hydrogen-bond acceptors (Lipinski definition) is 4. The molecule has 118 heavy (non-hydrogen) atoms. The van der Waals surface area contributed by atoms with Gasteiger partial charge in [0.05, 0.1) is 11.6 Å². The molecule has 596 valence electrons. The van der Waals surface area contributed by atoms with Gasteiger partial charge in [0, 0.05) is 85.0 Å². The highest BCUT2D eigenvalue weighted by Gasteiger charge is 2.47. The third-order valence-electron chi connectivity index (χ3n) is 28.6. The van der Waals surface area contributed by atoms with Crippen LogP contribution in [0.3, 0.4) is 0 Å². The fourth-order valence-electron chi connectivity index (χ4n) is 22.1. The molecule has 0 radical (unpaired) electrons. The minimum atomic E-state index is -0.0929. The molecule has 6 aliphatic rings. The molecule has 0 saturated heterocycles. The molecule has 6 aliphatic carbocycles. The number of aromatic nitrogens is 3. The molecule has 0 saturated carbocycles. The molecule has 19 rings (SSSR count). The molecule has 1 aromatic heterocycles. The zero-order valence-corrected chi connectivity index (χ0v) is 81.8. The van der Waals surface area contributed by atoms with Gasteiger partial charge in [0.15, 0.2) is 17.5 Å². The first-order valence-corrected chi connectivity index (χ1v) is 48.5. The van der Waals surface area contributed by atoms with Gasteiger partial charge in [-0.1, -0.05) is 302 Å². The molecule has 0 bridgehead atoms. The van der Waals surface area contributed by atoms with Crippen molar-refractivity contribution in [3.63, 3.8) is 0 Å². The minimum Gasteiger partial charge on any atom is -0.208 e. The summed E-state index contributed by atoms with van der Waals surface area (Å²) in [6.07, 6.45) is 12.7. The molecule has 0 atom stereocenters. The highest BCUT2D eigenvalue weighted by molar-refractivity contribution is 9.11. The topological polar surface area (TPSA) is 62.5 Å². The maximum Gasteiger partial charge on any atom is 0.164 e. The van der Waals surface area contributed by atoms with Gasteiger partial charge in [-0.25, -0.2) is 15.0 Å². The van der Waals surface area contributed by atoms with E-state index in [9.17, 15) is 5.26 Å². The Hall–Kier alpha value is -7.02. The van der Waals surface area contributed by atoms with E-state index in [1.54, 1.807) is 0 Å². The van der Waals surface area contributed by atoms with E-state index in [2.05, 4.69) is 429 Å². The van der Waals surface area contributed by atoms with Gasteiger partial charge in [-0.05, 0) is 338 Å². The molecular formula is C106H96Br8N4. The van der Waals surface area contributed by atoms with Gasteiger partial charge in [0.1, 0.15) is 0 Å². The zero-order chi connectivity index (χ0) is 83.3. The molecule has 0 spiro atoms. The number of fused-ring (bicyclic) bond motifs is 18. The number of halogens is 8. The lowest BCUT2D eigenvalue weighted by molar-refractivity contribution is 0.490. The first-order valence-electron chi connectivity index (χ1n) is 42.2. The summed E-state index contributed by atoms with van der Waals surface area (Å²) < 4.78 is 9.16. The summed E-state index contributed by atoms with van der Waals surface area (Å²) in [4.78, 5) is 16.2. The van der Waals surface area contributed by atoms with Crippen LogP contribution >= 0.6 is 127 Å². The number of benzene rings is 12. The Bertz CT molecular complexity index is 5670. The normalized spacial score (nSPS) is 15.2. The summed E-state index contributed by atoms with van der Waals surface area (Å²) in [7, 11) is 0. The lowest BCUT2D eigenvalue weighted by atomic mass is 9.73. The molecule has 0 fully saturated rings. The fraction of sp³-hybridized carbons (Fsp3) is 0.283. The molecule has 12 heteroatoms. The molecule has 13 aromatic rings. The van der Waals surface area contributed by atoms with Crippen molar-refractivity contribution in [1.29, 1.82) is 5.26 Å². The minimum absolute atomic E-state index is 0.0430. The van der Waals surface area contributed by atoms with Crippen molar-refractivity contribution < 1.29 is 0 Å². The summed E-state index contributed by atoms with van der Waals surface area (Å²) in [6.45, 7) is 27.6. The first kappa shape index (κ1) is 84.6. The van der Waals surface area contributed by atoms with Gasteiger partial charge < -0.3 is 0 Å². The van der Waals surface area contributed by atoms with Crippen LogP contribution in [-0.4, -0.2) is 15.0 Å². The van der Waals surface area contributed by atoms with Crippen LogP contribution in [0.5, 0.6) is 0 Å². The van der Waals surface area contributed by atoms with Crippen LogP contribution in [0.1, 0.15) is 232 Å². The number of rotatable bonds is 15. The smallest absolute Gasteiger partial charge is 0.164 e. The summed E-state index contributed by atoms with van der Waals surface area (Å²) in [6, 6.07) is 82.7. The van der Waals surface area contributed by atoms with Crippen molar-refractivity contribution in [1.82, 2.24) is 15.0 Å². The highest BCUT2D eigenvalue weighted by Crippen LogP contribution is 2.61. The molecule has 1 heterocycles. The van der Waals surface area contributed by atoms with Crippen LogP contribution in [0.2, 0.25) is 0 Å². The van der Waals surface area contributed by atoms with Crippen molar-refractivity contribution in [2.75, 3.05) is 0 Å². The molecule has 0 amide bonds. The predicted molar refractivity (Wildman–Crippen MR) is 523 cm³/mol. The quantitative estimate of drug-likeness (QED) is 0.103. The Balaban J connectivity index is 0.000000144. The molecular weight excluding hydrogens is 1970 g/mol. The summed E-state index contributed by atoms with van der Waals surface area (Å²) in [5.74, 6) is 2.10. The second-order valence-electron chi connectivity index (χ2n) is 32.7. The van der Waals surface area contributed by atoms with Crippen molar-refractivity contribution in [3.8, 4) is 107 Å². The number of hydrogen-bond donors (Lipinski definition) is 0. The standard InChI is InChI=1S/C54H48Br3N3.C18H16BrN.2C17H16Br2/c1-7-52(8-2)43-25-31(13-19-37(43)40-22-16-34(55)28-46(40)52)49-58-50(32-14-20-38-41-23-17-35(56)29-47(41)53(9-3,10-4)44(38)26-32)60-51(59-49)33-15-21-39-42-24-18-36(57)30-48(42)54(11-5,12-6)45(39)27-33;1-3-18(4-2)16-9-12(11-20)5-7-14(16)15-8-6-13(19)10-17(15)18;2*1-3-17(4-2)15-9-11(18)5-7-13(15)14-8-6-12(19)10-16(14)17/h13-30H,7-12H2,1-6H3;5-10H,3-4H2,1-2H3;2*5-10H,3-4H2,1-2H3. The van der Waals surface area contributed by atoms with E-state index in [0.29, 0.717) is 17.5 Å². The Labute approximate surface area is 765 Å². The maximum atomic E-state index is 9.19. The van der Waals surface area contributed by atoms with E-state index in [0.717, 1.165) is 117 Å². The van der Waals surface area contributed by atoms with Crippen LogP contribution in [0.15, 0.2) is 254 Å². The van der Waals surface area contributed by atoms with Gasteiger partial charge in [-0.15, -0.1) is 0 Å². The van der Waals surface area contributed by atoms with Crippen LogP contribution in [-0.2, 0) is 32.5 Å². The predicted octanol–water partition coefficient (Wildman–Crippen LogP) is 34.4. The first-order chi connectivity index (χ1) is 57.0. The van der Waals surface area contributed by atoms with Gasteiger partial charge >= 0.3 is 0 Å². The fourth-order valence-corrected chi connectivity index (χ4v) is 25.0. The Morgan fingerprint density at radius 1 is 0.203 bits per heavy atom. The molecule has 0 unspecified atom stereocenters. The van der Waals surface area contributed by atoms with Crippen molar-refractivity contribution in [3.05, 3.63) is 326 Å². The third kappa shape index (κ3) is 13.5. The molecule has 0 N–H and O–H groups in total. The van der Waals surface area contributed by atoms with E-state index in [-0.39, 0.29) is 32.5 Å². The highest BCUT2D eigenvalue weighted by atomic mass is 79.9. The SMILES string of the molecule is CCC1(CC)c2cc(Br)ccc2-c2ccc(-c3nc(-c4ccc5c(c4)C(CC)(CC)c4cc(Br)ccc4-5)nc(-c4ccc5c(c4)C(CC)(CC)c4cc(Br)ccc4-5)n3)cc21.CCC1(CC)c2cc(Br)ccc2-c2ccc(Br)cc21.CCC1(CC)c2cc(Br)ccc2-c2ccc(Br)cc21.CCC1(CC)c2cc(Br)ccc2-c2ccc(C#N)cc21. The molecule has 4 nitrogen and oxygen atoms in total. The second kappa shape index (κ2) is 33.3. The second-order valence-corrected chi connectivity index (χ2v) is 40.0. The van der Waals surface area contributed by atoms with E-state index >= 15 is 0 Å². The van der Waals surface area contributed by atoms with Gasteiger partial charge in [0.2, 0.25) is 0 Å². The number of nitrogens with zero attached hydrogens (tertiary/aromatic N) is 4. The number of nitriles is 1. The largest absolute Gasteiger partial charge is 0.208 e. The van der Waals surface area contributed by atoms with Gasteiger partial charge in [-0.3, -0.25) is 0 Å². The van der Waals surface area contributed by atoms with Crippen molar-refractivity contribution in [2.45, 2.75) is 193 Å². The van der Waals surface area contributed by atoms with Crippen LogP contribution in [0.4, 0.5) is 0 Å². The van der Waals surface area contributed by atoms with Gasteiger partial charge in [-0.2, -0.15) is 5.26 Å². The average Bonchev–Trinajstić information content (AvgIpc) is 1.63. The Kier molecular flexibility index (Phi) is 23.9. The average molecular weight is 2070 g/mol. The maximum absolute atomic E-state index is 9.19. The molecule has 0 aliphatic heterocycles. The van der Waals surface area contributed by atoms with Crippen molar-refractivity contribution >= 4 is 127 Å². The van der Waals surface area contributed by atoms with Crippen molar-refractivity contribution in [2.24, 2.45) is 0 Å². The lowest BCUT2D eigenvalue weighted by Crippen LogP contribution is -2.23. The lowest BCUT2D eigenvalue weighted by Gasteiger charge is -2.30. The Morgan fingerprint density at radius 2 is 0.347 bits per heavy atom. The van der Waals surface area contributed by atoms with E-state index in [1.807, 2.05) is 6.07 Å². The van der Waals surface area contributed by atoms with E-state index in [1.165, 1.54) is 151 Å². The summed E-state index contributed by atoms with van der Waals surface area (Å²) >= 11 is 29.5. The van der Waals surface area contributed by atoms with E-state index < -0.39 is 0 Å². The van der Waals surface area contributed by atoms with Crippen LogP contribution in [0, 0.1) is 11.3 Å². The van der Waals surface area contributed by atoms with Crippen LogP contribution < -0.4 is 0 Å². The summed E-state index contributed by atoms with van der Waals surface area (Å²) in [5.41, 5.74) is 36.8. The molecule has 12 aromatic carbocycles. The Morgan fingerprint density at radius 3 is 0.508 bits per heavy atom. The zero-order valence-electron chi connectivity index (χ0n) is 69.1. The van der Waals surface area contributed by atoms with Gasteiger partial charge in [0.25, 0.3) is 0 Å². The van der Waals surface area contributed by atoms with Crippen LogP contribution in [0.25, 0.3) is 101 Å². The van der Waals surface area contributed by atoms with E-state index in [4.69, 9.17) is 15.0 Å². The summed E-state index contributed by atoms with van der Waals surface area (Å²) in [5, 5.41) is 9.19.